The Morgan fingerprint density at radius 1 is 0.808 bits per heavy atom. The van der Waals surface area contributed by atoms with Crippen molar-refractivity contribution in [2.45, 2.75) is 78.8 Å². The van der Waals surface area contributed by atoms with Gasteiger partial charge in [0.1, 0.15) is 0 Å². The number of unbranched alkanes of at least 4 members (excludes halogenated alkanes) is 3. The van der Waals surface area contributed by atoms with Crippen LogP contribution in [0.3, 0.4) is 0 Å². The van der Waals surface area contributed by atoms with Crippen LogP contribution in [0.2, 0.25) is 13.3 Å². The molecule has 0 aliphatic carbocycles. The minimum absolute atomic E-state index is 0.0249. The number of benzene rings is 1. The maximum absolute atomic E-state index is 15.8. The molecule has 0 nitrogen and oxygen atoms in total. The molecule has 0 spiro atoms. The molecule has 0 fully saturated rings. The molecule has 0 N–H and O–H groups in total. The quantitative estimate of drug-likeness (QED) is 0.221. The molecule has 0 radical (unpaired) electrons. The van der Waals surface area contributed by atoms with Crippen LogP contribution in [0.1, 0.15) is 64.9 Å². The standard InChI is InChI=1S/C9H5F4.3C4H9.Sn/c10-6-8(9(11,12)13)7-4-2-1-3-5-7;3*1-3-4-2;/h1-5H;3*1,3-4H2,2H3;. The van der Waals surface area contributed by atoms with Gasteiger partial charge >= 0.3 is 160 Å². The first kappa shape index (κ1) is 23.5. The summed E-state index contributed by atoms with van der Waals surface area (Å²) in [5.74, 6) is 0. The molecule has 1 rings (SSSR count). The monoisotopic (exact) mass is 480 g/mol. The van der Waals surface area contributed by atoms with E-state index in [1.807, 2.05) is 20.8 Å². The Bertz CT molecular complexity index is 527. The van der Waals surface area contributed by atoms with Gasteiger partial charge in [-0.2, -0.15) is 0 Å². The van der Waals surface area contributed by atoms with Crippen molar-refractivity contribution in [3.05, 3.63) is 39.7 Å². The van der Waals surface area contributed by atoms with Crippen molar-refractivity contribution in [3.63, 3.8) is 0 Å². The summed E-state index contributed by atoms with van der Waals surface area (Å²) in [6.07, 6.45) is 0.535. The Morgan fingerprint density at radius 2 is 1.23 bits per heavy atom. The van der Waals surface area contributed by atoms with Gasteiger partial charge in [-0.1, -0.05) is 0 Å². The third-order valence-corrected chi connectivity index (χ3v) is 19.7. The van der Waals surface area contributed by atoms with Gasteiger partial charge in [0.25, 0.3) is 0 Å². The van der Waals surface area contributed by atoms with Crippen LogP contribution in [0.15, 0.2) is 34.2 Å². The second-order valence-electron chi connectivity index (χ2n) is 7.14. The molecule has 0 heterocycles. The van der Waals surface area contributed by atoms with Crippen LogP contribution < -0.4 is 0 Å². The van der Waals surface area contributed by atoms with E-state index < -0.39 is 34.0 Å². The predicted molar refractivity (Wildman–Crippen MR) is 105 cm³/mol. The molecular weight excluding hydrogens is 447 g/mol. The maximum atomic E-state index is 15.8. The van der Waals surface area contributed by atoms with E-state index in [9.17, 15) is 13.2 Å². The summed E-state index contributed by atoms with van der Waals surface area (Å²) in [5, 5.41) is 0. The predicted octanol–water partition coefficient (Wildman–Crippen LogP) is 8.32. The van der Waals surface area contributed by atoms with E-state index in [2.05, 4.69) is 0 Å². The molecule has 0 saturated heterocycles. The number of hydrogen-bond acceptors (Lipinski definition) is 0. The van der Waals surface area contributed by atoms with Crippen LogP contribution in [0, 0.1) is 0 Å². The fourth-order valence-electron chi connectivity index (χ4n) is 3.53. The van der Waals surface area contributed by atoms with Gasteiger partial charge in [0.15, 0.2) is 0 Å². The first-order chi connectivity index (χ1) is 12.3. The Kier molecular flexibility index (Phi) is 10.3. The number of alkyl halides is 3. The van der Waals surface area contributed by atoms with Gasteiger partial charge in [-0.15, -0.1) is 0 Å². The number of halogens is 4. The van der Waals surface area contributed by atoms with Gasteiger partial charge < -0.3 is 0 Å². The van der Waals surface area contributed by atoms with Crippen molar-refractivity contribution >= 4 is 24.0 Å². The summed E-state index contributed by atoms with van der Waals surface area (Å²) in [6.45, 7) is 6.08. The van der Waals surface area contributed by atoms with Gasteiger partial charge in [-0.05, 0) is 0 Å². The van der Waals surface area contributed by atoms with E-state index >= 15 is 4.39 Å². The van der Waals surface area contributed by atoms with Crippen LogP contribution in [0.25, 0.3) is 5.57 Å². The molecule has 0 aliphatic heterocycles. The molecule has 148 valence electrons. The first-order valence-corrected chi connectivity index (χ1v) is 17.3. The molecule has 1 aromatic carbocycles. The van der Waals surface area contributed by atoms with Gasteiger partial charge in [0.2, 0.25) is 0 Å². The van der Waals surface area contributed by atoms with Gasteiger partial charge in [0, 0.05) is 0 Å². The van der Waals surface area contributed by atoms with E-state index in [0.717, 1.165) is 38.5 Å². The van der Waals surface area contributed by atoms with Crippen molar-refractivity contribution in [3.8, 4) is 0 Å². The van der Waals surface area contributed by atoms with Crippen molar-refractivity contribution in [2.24, 2.45) is 0 Å². The molecule has 0 unspecified atom stereocenters. The number of rotatable bonds is 11. The Morgan fingerprint density at radius 3 is 1.58 bits per heavy atom. The van der Waals surface area contributed by atoms with Gasteiger partial charge in [0.05, 0.1) is 0 Å². The summed E-state index contributed by atoms with van der Waals surface area (Å²) in [5.41, 5.74) is -1.01. The normalized spacial score (nSPS) is 13.7. The van der Waals surface area contributed by atoms with E-state index in [1.165, 1.54) is 12.1 Å². The Hall–Kier alpha value is -0.521. The minimum atomic E-state index is -4.65. The van der Waals surface area contributed by atoms with Crippen molar-refractivity contribution in [1.29, 1.82) is 0 Å². The van der Waals surface area contributed by atoms with Crippen molar-refractivity contribution < 1.29 is 17.6 Å². The summed E-state index contributed by atoms with van der Waals surface area (Å²) >= 11 is -3.75. The average molecular weight is 479 g/mol. The summed E-state index contributed by atoms with van der Waals surface area (Å²) in [7, 11) is 0. The van der Waals surface area contributed by atoms with E-state index in [4.69, 9.17) is 0 Å². The summed E-state index contributed by atoms with van der Waals surface area (Å²) in [4.78, 5) is 0. The Balaban J connectivity index is 3.55. The molecule has 0 atom stereocenters. The van der Waals surface area contributed by atoms with Crippen LogP contribution in [-0.2, 0) is 0 Å². The van der Waals surface area contributed by atoms with Crippen molar-refractivity contribution in [2.75, 3.05) is 0 Å². The van der Waals surface area contributed by atoms with Crippen LogP contribution in [0.4, 0.5) is 17.6 Å². The zero-order valence-corrected chi connectivity index (χ0v) is 19.1. The number of allylic oxidation sites excluding steroid dienone is 1. The van der Waals surface area contributed by atoms with Crippen LogP contribution in [0.5, 0.6) is 0 Å². The third kappa shape index (κ3) is 6.57. The summed E-state index contributed by atoms with van der Waals surface area (Å²) in [6, 6.07) is 7.54. The van der Waals surface area contributed by atoms with E-state index in [1.54, 1.807) is 18.2 Å². The van der Waals surface area contributed by atoms with Crippen molar-refractivity contribution in [1.82, 2.24) is 0 Å². The zero-order chi connectivity index (χ0) is 19.6. The van der Waals surface area contributed by atoms with E-state index in [0.29, 0.717) is 13.3 Å². The van der Waals surface area contributed by atoms with Gasteiger partial charge in [-0.3, -0.25) is 0 Å². The molecule has 0 amide bonds. The molecule has 0 bridgehead atoms. The molecule has 0 saturated carbocycles. The third-order valence-electron chi connectivity index (χ3n) is 5.06. The van der Waals surface area contributed by atoms with Crippen LogP contribution >= 0.6 is 0 Å². The molecule has 26 heavy (non-hydrogen) atoms. The summed E-state index contributed by atoms with van der Waals surface area (Å²) < 4.78 is 58.8. The molecule has 1 aromatic rings. The Labute approximate surface area is 159 Å². The molecule has 0 aliphatic rings. The topological polar surface area (TPSA) is 0 Å². The fourth-order valence-corrected chi connectivity index (χ4v) is 18.7. The second-order valence-corrected chi connectivity index (χ2v) is 20.0. The van der Waals surface area contributed by atoms with Gasteiger partial charge in [-0.25, -0.2) is 0 Å². The molecule has 5 heteroatoms. The molecular formula is C21H32F4Sn. The molecule has 0 aromatic heterocycles. The van der Waals surface area contributed by atoms with E-state index in [-0.39, 0.29) is 5.56 Å². The van der Waals surface area contributed by atoms with Crippen LogP contribution in [-0.4, -0.2) is 24.6 Å². The number of hydrogen-bond donors (Lipinski definition) is 0. The average Bonchev–Trinajstić information content (AvgIpc) is 2.61. The first-order valence-electron chi connectivity index (χ1n) is 9.85. The zero-order valence-electron chi connectivity index (χ0n) is 16.3. The second kappa shape index (κ2) is 11.4. The fraction of sp³-hybridized carbons (Fsp3) is 0.619. The SMILES string of the molecule is CCC[CH2][Sn]([CH2]CCC)([CH2]CCC)/[C](F)=C(/c1ccccc1)C(F)(F)F.